The largest absolute Gasteiger partial charge is 0.383 e. The lowest BCUT2D eigenvalue weighted by molar-refractivity contribution is 0.281. The lowest BCUT2D eigenvalue weighted by Crippen LogP contribution is -2.26. The summed E-state index contributed by atoms with van der Waals surface area (Å²) in [6, 6.07) is 5.96. The van der Waals surface area contributed by atoms with Crippen LogP contribution >= 0.6 is 0 Å². The zero-order valence-corrected chi connectivity index (χ0v) is 12.0. The summed E-state index contributed by atoms with van der Waals surface area (Å²) in [6.45, 7) is 11.2. The van der Waals surface area contributed by atoms with Gasteiger partial charge in [0, 0.05) is 11.6 Å². The van der Waals surface area contributed by atoms with Crippen LogP contribution in [0.1, 0.15) is 46.7 Å². The summed E-state index contributed by atoms with van der Waals surface area (Å²) in [5, 5.41) is 0. The first kappa shape index (κ1) is 12.9. The zero-order chi connectivity index (χ0) is 13.6. The van der Waals surface area contributed by atoms with Gasteiger partial charge in [-0.3, -0.25) is 4.40 Å². The minimum Gasteiger partial charge on any atom is -0.383 e. The van der Waals surface area contributed by atoms with Crippen molar-refractivity contribution in [3.8, 4) is 0 Å². The van der Waals surface area contributed by atoms with Crippen molar-refractivity contribution in [1.82, 2.24) is 9.38 Å². The van der Waals surface area contributed by atoms with Gasteiger partial charge in [-0.1, -0.05) is 40.7 Å². The Morgan fingerprint density at radius 2 is 1.83 bits per heavy atom. The molecule has 0 amide bonds. The van der Waals surface area contributed by atoms with Crippen molar-refractivity contribution in [2.45, 2.75) is 46.5 Å². The van der Waals surface area contributed by atoms with E-state index >= 15 is 0 Å². The molecule has 0 atom stereocenters. The summed E-state index contributed by atoms with van der Waals surface area (Å²) in [4.78, 5) is 4.71. The molecule has 0 saturated carbocycles. The number of hydrogen-bond acceptors (Lipinski definition) is 2. The third-order valence-electron chi connectivity index (χ3n) is 3.18. The van der Waals surface area contributed by atoms with E-state index in [-0.39, 0.29) is 10.8 Å². The number of hydrogen-bond donors (Lipinski definition) is 1. The van der Waals surface area contributed by atoms with Gasteiger partial charge in [0.15, 0.2) is 0 Å². The third kappa shape index (κ3) is 2.35. The Hall–Kier alpha value is -1.51. The molecule has 0 unspecified atom stereocenters. The van der Waals surface area contributed by atoms with Crippen LogP contribution in [0.25, 0.3) is 5.65 Å². The van der Waals surface area contributed by atoms with E-state index in [1.165, 1.54) is 0 Å². The van der Waals surface area contributed by atoms with Gasteiger partial charge in [0.1, 0.15) is 11.5 Å². The fourth-order valence-corrected chi connectivity index (χ4v) is 2.92. The third-order valence-corrected chi connectivity index (χ3v) is 3.18. The van der Waals surface area contributed by atoms with Crippen molar-refractivity contribution in [3.05, 3.63) is 30.1 Å². The van der Waals surface area contributed by atoms with Crippen LogP contribution in [0.3, 0.4) is 0 Å². The molecule has 2 aromatic heterocycles. The molecule has 3 heteroatoms. The van der Waals surface area contributed by atoms with E-state index in [4.69, 9.17) is 10.7 Å². The Kier molecular flexibility index (Phi) is 2.88. The molecule has 98 valence electrons. The predicted octanol–water partition coefficient (Wildman–Crippen LogP) is 3.63. The van der Waals surface area contributed by atoms with E-state index in [2.05, 4.69) is 34.6 Å². The normalized spacial score (nSPS) is 13.2. The molecule has 0 aliphatic carbocycles. The number of anilines is 1. The number of aromatic nitrogens is 2. The molecule has 0 fully saturated rings. The Balaban J connectivity index is 2.50. The molecule has 0 bridgehead atoms. The molecule has 0 spiro atoms. The number of nitrogen functional groups attached to an aromatic ring is 1. The monoisotopic (exact) mass is 245 g/mol. The average Bonchev–Trinajstić information content (AvgIpc) is 2.54. The fourth-order valence-electron chi connectivity index (χ4n) is 2.92. The van der Waals surface area contributed by atoms with Crippen molar-refractivity contribution in [2.24, 2.45) is 5.41 Å². The summed E-state index contributed by atoms with van der Waals surface area (Å²) in [5.41, 5.74) is 8.41. The smallest absolute Gasteiger partial charge is 0.138 e. The quantitative estimate of drug-likeness (QED) is 0.878. The highest BCUT2D eigenvalue weighted by molar-refractivity contribution is 5.54. The number of fused-ring (bicyclic) bond motifs is 1. The van der Waals surface area contributed by atoms with Gasteiger partial charge in [-0.25, -0.2) is 4.98 Å². The standard InChI is InChI=1S/C15H23N3/c1-14(2,3)10-15(4,5)12-13(16)18-9-7-6-8-11(18)17-12/h6-9H,10,16H2,1-5H3. The van der Waals surface area contributed by atoms with Crippen molar-refractivity contribution >= 4 is 11.5 Å². The van der Waals surface area contributed by atoms with Gasteiger partial charge in [-0.05, 0) is 24.0 Å². The maximum absolute atomic E-state index is 6.24. The van der Waals surface area contributed by atoms with Crippen LogP contribution in [0, 0.1) is 5.41 Å². The van der Waals surface area contributed by atoms with Gasteiger partial charge in [-0.2, -0.15) is 0 Å². The van der Waals surface area contributed by atoms with Gasteiger partial charge >= 0.3 is 0 Å². The van der Waals surface area contributed by atoms with Gasteiger partial charge in [-0.15, -0.1) is 0 Å². The van der Waals surface area contributed by atoms with Crippen LogP contribution in [-0.2, 0) is 5.41 Å². The Morgan fingerprint density at radius 3 is 2.39 bits per heavy atom. The molecule has 0 radical (unpaired) electrons. The molecule has 2 aromatic rings. The highest BCUT2D eigenvalue weighted by atomic mass is 15.1. The van der Waals surface area contributed by atoms with Crippen molar-refractivity contribution in [3.63, 3.8) is 0 Å². The summed E-state index contributed by atoms with van der Waals surface area (Å²) in [5.74, 6) is 0.764. The van der Waals surface area contributed by atoms with E-state index in [0.717, 1.165) is 23.6 Å². The van der Waals surface area contributed by atoms with E-state index in [1.54, 1.807) is 0 Å². The van der Waals surface area contributed by atoms with Crippen LogP contribution in [-0.4, -0.2) is 9.38 Å². The molecule has 0 aromatic carbocycles. The summed E-state index contributed by atoms with van der Waals surface area (Å²) >= 11 is 0. The number of rotatable bonds is 2. The van der Waals surface area contributed by atoms with Crippen molar-refractivity contribution < 1.29 is 0 Å². The maximum Gasteiger partial charge on any atom is 0.138 e. The minimum atomic E-state index is -0.0195. The van der Waals surface area contributed by atoms with Crippen molar-refractivity contribution in [2.75, 3.05) is 5.73 Å². The Bertz CT molecular complexity index is 559. The second kappa shape index (κ2) is 4.01. The van der Waals surface area contributed by atoms with Crippen LogP contribution < -0.4 is 5.73 Å². The second-order valence-electron chi connectivity index (χ2n) is 6.90. The van der Waals surface area contributed by atoms with E-state index in [1.807, 2.05) is 28.8 Å². The molecule has 0 aliphatic rings. The molecular formula is C15H23N3. The van der Waals surface area contributed by atoms with Gasteiger partial charge < -0.3 is 5.73 Å². The van der Waals surface area contributed by atoms with E-state index < -0.39 is 0 Å². The maximum atomic E-state index is 6.24. The van der Waals surface area contributed by atoms with Gasteiger partial charge in [0.25, 0.3) is 0 Å². The number of pyridine rings is 1. The molecule has 0 saturated heterocycles. The molecule has 0 aliphatic heterocycles. The molecular weight excluding hydrogens is 222 g/mol. The average molecular weight is 245 g/mol. The number of imidazole rings is 1. The Morgan fingerprint density at radius 1 is 1.17 bits per heavy atom. The first-order valence-electron chi connectivity index (χ1n) is 6.44. The lowest BCUT2D eigenvalue weighted by Gasteiger charge is -2.31. The van der Waals surface area contributed by atoms with Crippen LogP contribution in [0.15, 0.2) is 24.4 Å². The zero-order valence-electron chi connectivity index (χ0n) is 12.0. The summed E-state index contributed by atoms with van der Waals surface area (Å²) in [6.07, 6.45) is 3.02. The highest BCUT2D eigenvalue weighted by Gasteiger charge is 2.31. The van der Waals surface area contributed by atoms with Crippen molar-refractivity contribution in [1.29, 1.82) is 0 Å². The topological polar surface area (TPSA) is 43.3 Å². The molecule has 2 heterocycles. The van der Waals surface area contributed by atoms with Gasteiger partial charge in [0.2, 0.25) is 0 Å². The number of nitrogens with zero attached hydrogens (tertiary/aromatic N) is 2. The number of nitrogens with two attached hydrogens (primary N) is 1. The molecule has 3 nitrogen and oxygen atoms in total. The van der Waals surface area contributed by atoms with Gasteiger partial charge in [0.05, 0.1) is 5.69 Å². The Labute approximate surface area is 109 Å². The minimum absolute atomic E-state index is 0.0195. The molecule has 2 rings (SSSR count). The predicted molar refractivity (Wildman–Crippen MR) is 76.7 cm³/mol. The van der Waals surface area contributed by atoms with Crippen LogP contribution in [0.4, 0.5) is 5.82 Å². The van der Waals surface area contributed by atoms with E-state index in [0.29, 0.717) is 0 Å². The molecule has 18 heavy (non-hydrogen) atoms. The molecule has 2 N–H and O–H groups in total. The fraction of sp³-hybridized carbons (Fsp3) is 0.533. The summed E-state index contributed by atoms with van der Waals surface area (Å²) < 4.78 is 1.96. The highest BCUT2D eigenvalue weighted by Crippen LogP contribution is 2.38. The van der Waals surface area contributed by atoms with Crippen LogP contribution in [0.5, 0.6) is 0 Å². The second-order valence-corrected chi connectivity index (χ2v) is 6.90. The first-order valence-corrected chi connectivity index (χ1v) is 6.44. The summed E-state index contributed by atoms with van der Waals surface area (Å²) in [7, 11) is 0. The SMILES string of the molecule is CC(C)(C)CC(C)(C)c1nc2ccccn2c1N. The van der Waals surface area contributed by atoms with E-state index in [9.17, 15) is 0 Å². The first-order chi connectivity index (χ1) is 8.21. The lowest BCUT2D eigenvalue weighted by atomic mass is 9.74. The van der Waals surface area contributed by atoms with Crippen LogP contribution in [0.2, 0.25) is 0 Å².